The third-order valence-electron chi connectivity index (χ3n) is 20.6. The van der Waals surface area contributed by atoms with Gasteiger partial charge in [0.15, 0.2) is 0 Å². The van der Waals surface area contributed by atoms with E-state index in [0.717, 1.165) is 34.4 Å². The summed E-state index contributed by atoms with van der Waals surface area (Å²) < 4.78 is 7.97. The van der Waals surface area contributed by atoms with Gasteiger partial charge in [0.05, 0.1) is 28.1 Å². The Balaban J connectivity index is 1.07. The topological polar surface area (TPSA) is 61.4 Å². The Morgan fingerprint density at radius 2 is 0.831 bits per heavy atom. The molecule has 1 saturated heterocycles. The number of fused-ring (bicyclic) bond motifs is 8. The number of nitrogens with zero attached hydrogens (tertiary/aromatic N) is 1. The van der Waals surface area contributed by atoms with Crippen molar-refractivity contribution in [3.63, 3.8) is 0 Å². The summed E-state index contributed by atoms with van der Waals surface area (Å²) in [7, 11) is -4.48. The molecule has 5 nitrogen and oxygen atoms in total. The van der Waals surface area contributed by atoms with Crippen LogP contribution >= 0.6 is 68.8 Å². The third kappa shape index (κ3) is 12.5. The highest BCUT2D eigenvalue weighted by Gasteiger charge is 2.53. The molecule has 5 aliphatic rings. The molecule has 1 fully saturated rings. The summed E-state index contributed by atoms with van der Waals surface area (Å²) in [5.41, 5.74) is 4.26. The van der Waals surface area contributed by atoms with Crippen molar-refractivity contribution in [2.45, 2.75) is 254 Å². The van der Waals surface area contributed by atoms with Crippen molar-refractivity contribution >= 4 is 129 Å². The third-order valence-corrected chi connectivity index (χ3v) is 39.0. The Hall–Kier alpha value is -2.18. The van der Waals surface area contributed by atoms with Gasteiger partial charge >= 0.3 is 0 Å². The maximum absolute atomic E-state index is 14.6. The summed E-state index contributed by atoms with van der Waals surface area (Å²) in [6.45, 7) is 26.6. The van der Waals surface area contributed by atoms with Gasteiger partial charge in [0.25, 0.3) is 11.8 Å². The molecular weight excluding hydrogens is 1160 g/mol. The molecule has 0 radical (unpaired) electrons. The second-order valence-corrected chi connectivity index (χ2v) is 40.5. The highest BCUT2D eigenvalue weighted by atomic mass is 32.2. The molecule has 5 aromatic heterocycles. The summed E-state index contributed by atoms with van der Waals surface area (Å²) in [4.78, 5) is 44.4. The molecule has 0 bridgehead atoms. The van der Waals surface area contributed by atoms with Gasteiger partial charge in [-0.05, 0) is 124 Å². The largest absolute Gasteiger partial charge is 0.274 e. The lowest BCUT2D eigenvalue weighted by Gasteiger charge is -2.36. The fourth-order valence-corrected chi connectivity index (χ4v) is 38.7. The fraction of sp³-hybridized carbons (Fsp3) is 0.629. The van der Waals surface area contributed by atoms with Crippen LogP contribution in [0.4, 0.5) is 0 Å². The van der Waals surface area contributed by atoms with Crippen molar-refractivity contribution in [2.24, 2.45) is 23.7 Å². The number of thiophene rings is 5. The first kappa shape index (κ1) is 63.8. The number of allylic oxidation sites excluding steroid dienone is 2. The SMILES string of the molecule is CCCCCCCCN1C(=O)c2c(C)sc(-c3cc4c(s3)-c3sc(C5=CC=C(c6cc7c(s6)-c6sc(C)cc6[Si]7(CC(CC)CCCC)CC(CC)CCCC)C6NSNC56)cc3[Si]4(CC(CC)CCCC)CC(CC)CCCC)c2C1=O. The van der Waals surface area contributed by atoms with Gasteiger partial charge in [0.2, 0.25) is 0 Å². The Morgan fingerprint density at radius 1 is 0.446 bits per heavy atom. The van der Waals surface area contributed by atoms with Crippen LogP contribution in [0.15, 0.2) is 36.4 Å². The Morgan fingerprint density at radius 3 is 1.28 bits per heavy atom. The summed E-state index contributed by atoms with van der Waals surface area (Å²) in [6, 6.07) is 16.6. The number of nitrogens with one attached hydrogen (secondary N) is 2. The molecule has 2 amide bonds. The molecule has 10 rings (SSSR count). The van der Waals surface area contributed by atoms with Crippen LogP contribution < -0.4 is 30.2 Å². The van der Waals surface area contributed by atoms with Crippen molar-refractivity contribution < 1.29 is 9.59 Å². The van der Waals surface area contributed by atoms with Gasteiger partial charge < -0.3 is 0 Å². The van der Waals surface area contributed by atoms with Gasteiger partial charge in [0, 0.05) is 62.6 Å². The highest BCUT2D eigenvalue weighted by molar-refractivity contribution is 7.95. The minimum atomic E-state index is -2.39. The van der Waals surface area contributed by atoms with E-state index in [1.165, 1.54) is 193 Å². The van der Waals surface area contributed by atoms with E-state index in [9.17, 15) is 9.59 Å². The predicted molar refractivity (Wildman–Crippen MR) is 377 cm³/mol. The van der Waals surface area contributed by atoms with Crippen molar-refractivity contribution in [2.75, 3.05) is 6.54 Å². The van der Waals surface area contributed by atoms with E-state index in [1.807, 2.05) is 11.3 Å². The lowest BCUT2D eigenvalue weighted by molar-refractivity contribution is 0.0651. The molecule has 6 unspecified atom stereocenters. The normalized spacial score (nSPS) is 21.9. The number of hydrogen-bond acceptors (Lipinski definition) is 10. The first-order chi connectivity index (χ1) is 40.4. The molecule has 1 aliphatic carbocycles. The first-order valence-corrected chi connectivity index (χ1v) is 43.2. The van der Waals surface area contributed by atoms with Crippen molar-refractivity contribution in [1.29, 1.82) is 0 Å². The number of aryl methyl sites for hydroxylation is 2. The quantitative estimate of drug-likeness (QED) is 0.0186. The van der Waals surface area contributed by atoms with E-state index in [1.54, 1.807) is 58.9 Å². The standard InChI is InChI=1S/C70H101N3O2S6Si2/c1-12-21-26-27-28-29-36-73-69(74)60-46(11)77-64(61(60)70(73)75)55-40-59-68(80-55)67-58(83(59,43-49(19-8)32-24-15-4)44-50(20-9)33-25-16-5)39-54(79-67)52-35-34-51(62-63(52)72-81-71-62)53-38-57-66(78-53)65-56(37-45(10)76-65)82(57,41-47(17-6)30-22-13-2)42-48(18-7)31-23-14-3/h34-35,37-40,47-50,62-63,71-72H,12-33,36,41-44H2,1-11H3. The number of amides is 2. The summed E-state index contributed by atoms with van der Waals surface area (Å²) in [6.07, 6.45) is 32.5. The predicted octanol–water partition coefficient (Wildman–Crippen LogP) is 20.2. The zero-order valence-corrected chi connectivity index (χ0v) is 59.6. The van der Waals surface area contributed by atoms with Crippen LogP contribution in [-0.2, 0) is 0 Å². The lowest BCUT2D eigenvalue weighted by atomic mass is 9.88. The summed E-state index contributed by atoms with van der Waals surface area (Å²) in [5, 5.41) is 6.93. The molecule has 0 saturated carbocycles. The molecule has 452 valence electrons. The average molecular weight is 1270 g/mol. The van der Waals surface area contributed by atoms with E-state index in [4.69, 9.17) is 0 Å². The van der Waals surface area contributed by atoms with Crippen molar-refractivity contribution in [3.05, 3.63) is 67.1 Å². The molecule has 13 heteroatoms. The molecule has 9 heterocycles. The fourth-order valence-electron chi connectivity index (χ4n) is 15.7. The smallest absolute Gasteiger partial charge is 0.263 e. The van der Waals surface area contributed by atoms with Crippen molar-refractivity contribution in [3.8, 4) is 29.3 Å². The summed E-state index contributed by atoms with van der Waals surface area (Å²) in [5.74, 6) is 2.79. The van der Waals surface area contributed by atoms with E-state index in [-0.39, 0.29) is 23.9 Å². The number of unbranched alkanes of at least 4 members (excludes halogenated alkanes) is 9. The Bertz CT molecular complexity index is 3080. The number of rotatable bonds is 34. The van der Waals surface area contributed by atoms with Crippen LogP contribution in [0.1, 0.15) is 244 Å². The summed E-state index contributed by atoms with van der Waals surface area (Å²) >= 11 is 11.7. The van der Waals surface area contributed by atoms with Gasteiger partial charge in [-0.1, -0.05) is 209 Å². The van der Waals surface area contributed by atoms with Gasteiger partial charge in [-0.3, -0.25) is 14.5 Å². The van der Waals surface area contributed by atoms with Crippen LogP contribution in [-0.4, -0.2) is 51.5 Å². The number of carbonyl (C=O) groups is 2. The van der Waals surface area contributed by atoms with Crippen LogP contribution in [0.2, 0.25) is 24.2 Å². The van der Waals surface area contributed by atoms with Crippen molar-refractivity contribution in [1.82, 2.24) is 14.3 Å². The molecule has 83 heavy (non-hydrogen) atoms. The molecule has 5 aromatic rings. The van der Waals surface area contributed by atoms with E-state index in [0.29, 0.717) is 29.5 Å². The van der Waals surface area contributed by atoms with Crippen LogP contribution in [0.3, 0.4) is 0 Å². The van der Waals surface area contributed by atoms with E-state index >= 15 is 0 Å². The van der Waals surface area contributed by atoms with E-state index in [2.05, 4.69) is 156 Å². The molecule has 6 atom stereocenters. The van der Waals surface area contributed by atoms with Crippen LogP contribution in [0.5, 0.6) is 0 Å². The minimum Gasteiger partial charge on any atom is -0.274 e. The number of hydrogen-bond donors (Lipinski definition) is 2. The number of carbonyl (C=O) groups excluding carboxylic acids is 2. The second kappa shape index (κ2) is 28.5. The van der Waals surface area contributed by atoms with Crippen LogP contribution in [0.25, 0.3) is 40.4 Å². The Labute approximate surface area is 528 Å². The maximum atomic E-state index is 14.6. The van der Waals surface area contributed by atoms with Gasteiger partial charge in [-0.2, -0.15) is 0 Å². The molecule has 0 aromatic carbocycles. The maximum Gasteiger partial charge on any atom is 0.263 e. The van der Waals surface area contributed by atoms with Gasteiger partial charge in [-0.15, -0.1) is 56.7 Å². The highest BCUT2D eigenvalue weighted by Crippen LogP contribution is 2.53. The van der Waals surface area contributed by atoms with E-state index < -0.39 is 16.1 Å². The Kier molecular flexibility index (Phi) is 21.9. The molecule has 2 N–H and O–H groups in total. The average Bonchev–Trinajstić information content (AvgIpc) is 2.27. The minimum absolute atomic E-state index is 0.0629. The van der Waals surface area contributed by atoms with Crippen LogP contribution in [0, 0.1) is 37.5 Å². The zero-order valence-electron chi connectivity index (χ0n) is 52.7. The first-order valence-electron chi connectivity index (χ1n) is 33.5. The second-order valence-electron chi connectivity index (χ2n) is 26.1. The van der Waals surface area contributed by atoms with Gasteiger partial charge in [-0.25, -0.2) is 9.44 Å². The monoisotopic (exact) mass is 1260 g/mol. The molecular formula is C70H101N3O2S6Si2. The molecule has 4 aliphatic heterocycles. The number of imide groups is 1. The molecule has 0 spiro atoms. The lowest BCUT2D eigenvalue weighted by Crippen LogP contribution is -2.57. The van der Waals surface area contributed by atoms with Gasteiger partial charge in [0.1, 0.15) is 16.1 Å². The zero-order chi connectivity index (χ0) is 58.6.